The number of nitrogens with two attached hydrogens (primary N) is 1. The lowest BCUT2D eigenvalue weighted by Gasteiger charge is -2.07. The Morgan fingerprint density at radius 2 is 1.73 bits per heavy atom. The SMILES string of the molecule is NS(=O)(=O)c1ccc(C(=O)OCc2ccc(Cl)cc2Cl)cc1. The fourth-order valence-electron chi connectivity index (χ4n) is 1.65. The van der Waals surface area contributed by atoms with Crippen molar-refractivity contribution in [3.8, 4) is 0 Å². The Hall–Kier alpha value is -1.60. The first kappa shape index (κ1) is 16.8. The molecule has 0 amide bonds. The Kier molecular flexibility index (Phi) is 5.08. The van der Waals surface area contributed by atoms with Crippen molar-refractivity contribution in [1.82, 2.24) is 0 Å². The number of sulfonamides is 1. The molecule has 2 aromatic carbocycles. The summed E-state index contributed by atoms with van der Waals surface area (Å²) in [6.45, 7) is -0.0220. The predicted molar refractivity (Wildman–Crippen MR) is 83.4 cm³/mol. The lowest BCUT2D eigenvalue weighted by Crippen LogP contribution is -2.12. The van der Waals surface area contributed by atoms with Crippen LogP contribution in [-0.4, -0.2) is 14.4 Å². The van der Waals surface area contributed by atoms with Gasteiger partial charge < -0.3 is 4.74 Å². The van der Waals surface area contributed by atoms with Gasteiger partial charge in [0.25, 0.3) is 0 Å². The molecule has 2 aromatic rings. The van der Waals surface area contributed by atoms with E-state index < -0.39 is 16.0 Å². The third-order valence-electron chi connectivity index (χ3n) is 2.79. The molecule has 8 heteroatoms. The van der Waals surface area contributed by atoms with E-state index in [1.165, 1.54) is 24.3 Å². The van der Waals surface area contributed by atoms with Gasteiger partial charge in [0.15, 0.2) is 0 Å². The molecule has 0 radical (unpaired) electrons. The van der Waals surface area contributed by atoms with E-state index in [0.717, 1.165) is 0 Å². The van der Waals surface area contributed by atoms with Gasteiger partial charge in [-0.3, -0.25) is 0 Å². The molecule has 0 saturated carbocycles. The zero-order valence-corrected chi connectivity index (χ0v) is 13.5. The second kappa shape index (κ2) is 6.66. The van der Waals surface area contributed by atoms with Crippen molar-refractivity contribution in [3.05, 3.63) is 63.6 Å². The number of primary sulfonamides is 1. The molecular weight excluding hydrogens is 349 g/mol. The highest BCUT2D eigenvalue weighted by Gasteiger charge is 2.12. The van der Waals surface area contributed by atoms with Gasteiger partial charge in [0.05, 0.1) is 10.5 Å². The summed E-state index contributed by atoms with van der Waals surface area (Å²) in [6, 6.07) is 9.96. The van der Waals surface area contributed by atoms with Crippen molar-refractivity contribution in [1.29, 1.82) is 0 Å². The van der Waals surface area contributed by atoms with Gasteiger partial charge in [-0.1, -0.05) is 29.3 Å². The van der Waals surface area contributed by atoms with E-state index in [4.69, 9.17) is 33.1 Å². The van der Waals surface area contributed by atoms with Crippen LogP contribution in [0.1, 0.15) is 15.9 Å². The first-order valence-electron chi connectivity index (χ1n) is 6.01. The standard InChI is InChI=1S/C14H11Cl2NO4S/c15-11-4-1-10(13(16)7-11)8-21-14(18)9-2-5-12(6-3-9)22(17,19)20/h1-7H,8H2,(H2,17,19,20). The molecule has 0 spiro atoms. The number of hydrogen-bond acceptors (Lipinski definition) is 4. The van der Waals surface area contributed by atoms with Crippen LogP contribution in [-0.2, 0) is 21.4 Å². The van der Waals surface area contributed by atoms with Gasteiger partial charge in [-0.2, -0.15) is 0 Å². The maximum absolute atomic E-state index is 11.9. The topological polar surface area (TPSA) is 86.5 Å². The number of halogens is 2. The van der Waals surface area contributed by atoms with Gasteiger partial charge in [-0.05, 0) is 36.4 Å². The van der Waals surface area contributed by atoms with Crippen molar-refractivity contribution >= 4 is 39.2 Å². The Bertz CT molecular complexity index is 804. The van der Waals surface area contributed by atoms with Crippen LogP contribution < -0.4 is 5.14 Å². The summed E-state index contributed by atoms with van der Waals surface area (Å²) < 4.78 is 27.4. The third kappa shape index (κ3) is 4.20. The molecule has 2 N–H and O–H groups in total. The Balaban J connectivity index is 2.06. The molecule has 2 rings (SSSR count). The van der Waals surface area contributed by atoms with Gasteiger partial charge in [-0.25, -0.2) is 18.4 Å². The molecule has 0 atom stereocenters. The van der Waals surface area contributed by atoms with Crippen molar-refractivity contribution in [2.75, 3.05) is 0 Å². The van der Waals surface area contributed by atoms with E-state index >= 15 is 0 Å². The van der Waals surface area contributed by atoms with E-state index in [-0.39, 0.29) is 17.1 Å². The molecule has 0 aliphatic carbocycles. The molecule has 22 heavy (non-hydrogen) atoms. The zero-order valence-electron chi connectivity index (χ0n) is 11.1. The second-order valence-electron chi connectivity index (χ2n) is 4.38. The monoisotopic (exact) mass is 359 g/mol. The van der Waals surface area contributed by atoms with Crippen molar-refractivity contribution < 1.29 is 17.9 Å². The van der Waals surface area contributed by atoms with Gasteiger partial charge in [0.1, 0.15) is 6.61 Å². The highest BCUT2D eigenvalue weighted by atomic mass is 35.5. The van der Waals surface area contributed by atoms with Crippen LogP contribution in [0.5, 0.6) is 0 Å². The van der Waals surface area contributed by atoms with Crippen LogP contribution in [0.25, 0.3) is 0 Å². The van der Waals surface area contributed by atoms with Crippen LogP contribution >= 0.6 is 23.2 Å². The number of benzene rings is 2. The molecule has 0 fully saturated rings. The highest BCUT2D eigenvalue weighted by molar-refractivity contribution is 7.89. The first-order chi connectivity index (χ1) is 10.3. The minimum atomic E-state index is -3.79. The van der Waals surface area contributed by atoms with E-state index in [2.05, 4.69) is 0 Å². The number of hydrogen-bond donors (Lipinski definition) is 1. The van der Waals surface area contributed by atoms with Gasteiger partial charge >= 0.3 is 5.97 Å². The van der Waals surface area contributed by atoms with E-state index in [9.17, 15) is 13.2 Å². The fourth-order valence-corrected chi connectivity index (χ4v) is 2.62. The number of rotatable bonds is 4. The Morgan fingerprint density at radius 3 is 2.27 bits per heavy atom. The fraction of sp³-hybridized carbons (Fsp3) is 0.0714. The Labute approximate surface area is 137 Å². The van der Waals surface area contributed by atoms with Crippen molar-refractivity contribution in [2.45, 2.75) is 11.5 Å². The lowest BCUT2D eigenvalue weighted by atomic mass is 10.2. The molecule has 0 aliphatic heterocycles. The average Bonchev–Trinajstić information content (AvgIpc) is 2.45. The number of esters is 1. The molecular formula is C14H11Cl2NO4S. The molecule has 0 aromatic heterocycles. The van der Waals surface area contributed by atoms with Crippen LogP contribution in [0.4, 0.5) is 0 Å². The number of ether oxygens (including phenoxy) is 1. The normalized spacial score (nSPS) is 11.2. The Morgan fingerprint density at radius 1 is 1.09 bits per heavy atom. The third-order valence-corrected chi connectivity index (χ3v) is 4.31. The molecule has 0 bridgehead atoms. The summed E-state index contributed by atoms with van der Waals surface area (Å²) in [6.07, 6.45) is 0. The molecule has 0 heterocycles. The summed E-state index contributed by atoms with van der Waals surface area (Å²) in [5.74, 6) is -0.605. The minimum absolute atomic E-state index is 0.0220. The summed E-state index contributed by atoms with van der Waals surface area (Å²) >= 11 is 11.7. The summed E-state index contributed by atoms with van der Waals surface area (Å²) in [7, 11) is -3.79. The van der Waals surface area contributed by atoms with Crippen LogP contribution in [0.3, 0.4) is 0 Å². The summed E-state index contributed by atoms with van der Waals surface area (Å²) in [5.41, 5.74) is 0.818. The van der Waals surface area contributed by atoms with Crippen LogP contribution in [0.15, 0.2) is 47.4 Å². The maximum Gasteiger partial charge on any atom is 0.338 e. The van der Waals surface area contributed by atoms with Crippen molar-refractivity contribution in [2.24, 2.45) is 5.14 Å². The quantitative estimate of drug-likeness (QED) is 0.850. The van der Waals surface area contributed by atoms with E-state index in [1.807, 2.05) is 0 Å². The molecule has 0 unspecified atom stereocenters. The van der Waals surface area contributed by atoms with E-state index in [1.54, 1.807) is 18.2 Å². The second-order valence-corrected chi connectivity index (χ2v) is 6.79. The van der Waals surface area contributed by atoms with Crippen LogP contribution in [0.2, 0.25) is 10.0 Å². The largest absolute Gasteiger partial charge is 0.457 e. The maximum atomic E-state index is 11.9. The first-order valence-corrected chi connectivity index (χ1v) is 8.31. The van der Waals surface area contributed by atoms with Crippen molar-refractivity contribution in [3.63, 3.8) is 0 Å². The van der Waals surface area contributed by atoms with Gasteiger partial charge in [0, 0.05) is 15.6 Å². The number of carbonyl (C=O) groups excluding carboxylic acids is 1. The summed E-state index contributed by atoms with van der Waals surface area (Å²) in [5, 5.41) is 5.86. The van der Waals surface area contributed by atoms with Gasteiger partial charge in [0.2, 0.25) is 10.0 Å². The molecule has 5 nitrogen and oxygen atoms in total. The zero-order chi connectivity index (χ0) is 16.3. The van der Waals surface area contributed by atoms with Gasteiger partial charge in [-0.15, -0.1) is 0 Å². The molecule has 0 saturated heterocycles. The molecule has 116 valence electrons. The predicted octanol–water partition coefficient (Wildman–Crippen LogP) is 3.00. The molecule has 0 aliphatic rings. The highest BCUT2D eigenvalue weighted by Crippen LogP contribution is 2.22. The lowest BCUT2D eigenvalue weighted by molar-refractivity contribution is 0.0473. The number of carbonyl (C=O) groups is 1. The van der Waals surface area contributed by atoms with Crippen LogP contribution in [0, 0.1) is 0 Å². The minimum Gasteiger partial charge on any atom is -0.457 e. The average molecular weight is 360 g/mol. The smallest absolute Gasteiger partial charge is 0.338 e. The summed E-state index contributed by atoms with van der Waals surface area (Å²) in [4.78, 5) is 11.8. The van der Waals surface area contributed by atoms with E-state index in [0.29, 0.717) is 15.6 Å².